The molecule has 0 bridgehead atoms. The smallest absolute Gasteiger partial charge is 0.295 e. The Morgan fingerprint density at radius 1 is 1.47 bits per heavy atom. The number of nitrogens with zero attached hydrogens (tertiary/aromatic N) is 2. The second-order valence-corrected chi connectivity index (χ2v) is 4.60. The molecule has 7 heteroatoms. The lowest BCUT2D eigenvalue weighted by molar-refractivity contribution is -0.384. The molecule has 1 heterocycles. The van der Waals surface area contributed by atoms with Crippen molar-refractivity contribution in [2.75, 3.05) is 25.0 Å². The summed E-state index contributed by atoms with van der Waals surface area (Å²) in [6.07, 6.45) is 1.69. The van der Waals surface area contributed by atoms with Crippen LogP contribution in [0.3, 0.4) is 0 Å². The van der Waals surface area contributed by atoms with Crippen molar-refractivity contribution in [1.29, 1.82) is 0 Å². The molecular weight excluding hydrogens is 256 g/mol. The Labute approximate surface area is 109 Å². The second kappa shape index (κ2) is 5.48. The third-order valence-electron chi connectivity index (χ3n) is 3.42. The van der Waals surface area contributed by atoms with E-state index in [-0.39, 0.29) is 11.7 Å². The van der Waals surface area contributed by atoms with Crippen molar-refractivity contribution < 1.29 is 13.7 Å². The van der Waals surface area contributed by atoms with E-state index in [1.54, 1.807) is 7.05 Å². The normalized spacial score (nSPS) is 19.2. The molecule has 104 valence electrons. The Hall–Kier alpha value is -1.76. The first-order chi connectivity index (χ1) is 9.02. The SMILES string of the molecule is CN(c1c([N+](=O)[O-])ccc(F)c1F)C1CCCNC1. The highest BCUT2D eigenvalue weighted by Gasteiger charge is 2.29. The monoisotopic (exact) mass is 271 g/mol. The molecule has 1 aromatic carbocycles. The minimum Gasteiger partial charge on any atom is -0.362 e. The van der Waals surface area contributed by atoms with Crippen LogP contribution in [-0.4, -0.2) is 31.1 Å². The van der Waals surface area contributed by atoms with Gasteiger partial charge in [-0.05, 0) is 25.5 Å². The molecule has 1 fully saturated rings. The van der Waals surface area contributed by atoms with Crippen LogP contribution < -0.4 is 10.2 Å². The quantitative estimate of drug-likeness (QED) is 0.675. The maximum atomic E-state index is 13.9. The van der Waals surface area contributed by atoms with Crippen LogP contribution in [0.5, 0.6) is 0 Å². The topological polar surface area (TPSA) is 58.4 Å². The summed E-state index contributed by atoms with van der Waals surface area (Å²) in [5, 5.41) is 14.1. The third-order valence-corrected chi connectivity index (χ3v) is 3.42. The molecule has 0 radical (unpaired) electrons. The van der Waals surface area contributed by atoms with Crippen LogP contribution in [0.25, 0.3) is 0 Å². The van der Waals surface area contributed by atoms with Crippen molar-refractivity contribution in [3.8, 4) is 0 Å². The number of piperidine rings is 1. The zero-order chi connectivity index (χ0) is 14.0. The van der Waals surface area contributed by atoms with Gasteiger partial charge in [-0.15, -0.1) is 0 Å². The van der Waals surface area contributed by atoms with E-state index in [1.807, 2.05) is 0 Å². The van der Waals surface area contributed by atoms with Gasteiger partial charge < -0.3 is 10.2 Å². The number of anilines is 1. The van der Waals surface area contributed by atoms with Gasteiger partial charge in [-0.1, -0.05) is 0 Å². The predicted octanol–water partition coefficient (Wildman–Crippen LogP) is 2.06. The molecule has 1 aromatic rings. The minimum absolute atomic E-state index is 0.0799. The summed E-state index contributed by atoms with van der Waals surface area (Å²) in [5.41, 5.74) is -0.689. The highest BCUT2D eigenvalue weighted by Crippen LogP contribution is 2.33. The first kappa shape index (κ1) is 13.7. The molecule has 1 atom stereocenters. The average molecular weight is 271 g/mol. The number of nitrogens with one attached hydrogen (secondary N) is 1. The molecule has 1 aliphatic rings. The predicted molar refractivity (Wildman–Crippen MR) is 67.3 cm³/mol. The van der Waals surface area contributed by atoms with Gasteiger partial charge in [0.1, 0.15) is 0 Å². The highest BCUT2D eigenvalue weighted by molar-refractivity contribution is 5.64. The largest absolute Gasteiger partial charge is 0.362 e. The van der Waals surface area contributed by atoms with Crippen LogP contribution in [0.1, 0.15) is 12.8 Å². The van der Waals surface area contributed by atoms with Crippen LogP contribution in [-0.2, 0) is 0 Å². The van der Waals surface area contributed by atoms with E-state index in [9.17, 15) is 18.9 Å². The fourth-order valence-corrected chi connectivity index (χ4v) is 2.36. The van der Waals surface area contributed by atoms with Gasteiger partial charge in [0.25, 0.3) is 5.69 Å². The van der Waals surface area contributed by atoms with Crippen molar-refractivity contribution >= 4 is 11.4 Å². The Morgan fingerprint density at radius 2 is 2.21 bits per heavy atom. The van der Waals surface area contributed by atoms with E-state index < -0.39 is 22.2 Å². The first-order valence-electron chi connectivity index (χ1n) is 6.08. The number of rotatable bonds is 3. The van der Waals surface area contributed by atoms with Gasteiger partial charge in [0.15, 0.2) is 17.3 Å². The Morgan fingerprint density at radius 3 is 2.79 bits per heavy atom. The van der Waals surface area contributed by atoms with Crippen molar-refractivity contribution in [1.82, 2.24) is 5.32 Å². The molecule has 0 aliphatic carbocycles. The number of halogens is 2. The van der Waals surface area contributed by atoms with Crippen LogP contribution in [0.2, 0.25) is 0 Å². The van der Waals surface area contributed by atoms with E-state index >= 15 is 0 Å². The summed E-state index contributed by atoms with van der Waals surface area (Å²) in [6.45, 7) is 1.47. The van der Waals surface area contributed by atoms with Crippen molar-refractivity contribution in [2.24, 2.45) is 0 Å². The molecule has 19 heavy (non-hydrogen) atoms. The number of nitro groups is 1. The fraction of sp³-hybridized carbons (Fsp3) is 0.500. The van der Waals surface area contributed by atoms with Gasteiger partial charge in [-0.2, -0.15) is 0 Å². The van der Waals surface area contributed by atoms with E-state index in [4.69, 9.17) is 0 Å². The maximum absolute atomic E-state index is 13.9. The molecule has 1 aliphatic heterocycles. The average Bonchev–Trinajstić information content (AvgIpc) is 2.41. The van der Waals surface area contributed by atoms with Crippen LogP contribution in [0.4, 0.5) is 20.2 Å². The summed E-state index contributed by atoms with van der Waals surface area (Å²) < 4.78 is 27.2. The van der Waals surface area contributed by atoms with Gasteiger partial charge in [0, 0.05) is 25.7 Å². The second-order valence-electron chi connectivity index (χ2n) is 4.60. The number of nitro benzene ring substituents is 1. The molecule has 0 amide bonds. The van der Waals surface area contributed by atoms with Gasteiger partial charge >= 0.3 is 0 Å². The summed E-state index contributed by atoms with van der Waals surface area (Å²) in [7, 11) is 1.56. The lowest BCUT2D eigenvalue weighted by Crippen LogP contribution is -2.44. The summed E-state index contributed by atoms with van der Waals surface area (Å²) in [6, 6.07) is 1.70. The van der Waals surface area contributed by atoms with Gasteiger partial charge in [-0.3, -0.25) is 10.1 Å². The summed E-state index contributed by atoms with van der Waals surface area (Å²) >= 11 is 0. The van der Waals surface area contributed by atoms with Crippen molar-refractivity contribution in [2.45, 2.75) is 18.9 Å². The zero-order valence-electron chi connectivity index (χ0n) is 10.5. The van der Waals surface area contributed by atoms with E-state index in [0.717, 1.165) is 31.5 Å². The molecule has 0 saturated carbocycles. The lowest BCUT2D eigenvalue weighted by Gasteiger charge is -2.33. The number of hydrogen-bond donors (Lipinski definition) is 1. The van der Waals surface area contributed by atoms with E-state index in [0.29, 0.717) is 6.54 Å². The summed E-state index contributed by atoms with van der Waals surface area (Å²) in [5.74, 6) is -2.24. The zero-order valence-corrected chi connectivity index (χ0v) is 10.5. The van der Waals surface area contributed by atoms with Gasteiger partial charge in [0.05, 0.1) is 4.92 Å². The fourth-order valence-electron chi connectivity index (χ4n) is 2.36. The van der Waals surface area contributed by atoms with E-state index in [2.05, 4.69) is 5.32 Å². The maximum Gasteiger partial charge on any atom is 0.295 e. The molecular formula is C12H15F2N3O2. The molecule has 1 saturated heterocycles. The van der Waals surface area contributed by atoms with Crippen LogP contribution >= 0.6 is 0 Å². The standard InChI is InChI=1S/C12H15F2N3O2/c1-16(8-3-2-6-15-7-8)12-10(17(18)19)5-4-9(13)11(12)14/h4-5,8,15H,2-3,6-7H2,1H3. The molecule has 0 spiro atoms. The Balaban J connectivity index is 2.41. The molecule has 1 N–H and O–H groups in total. The lowest BCUT2D eigenvalue weighted by atomic mass is 10.1. The van der Waals surface area contributed by atoms with Crippen molar-refractivity contribution in [3.05, 3.63) is 33.9 Å². The molecule has 0 aromatic heterocycles. The van der Waals surface area contributed by atoms with Crippen LogP contribution in [0.15, 0.2) is 12.1 Å². The third kappa shape index (κ3) is 2.65. The highest BCUT2D eigenvalue weighted by atomic mass is 19.2. The minimum atomic E-state index is -1.16. The number of likely N-dealkylation sites (N-methyl/N-ethyl adjacent to an activating group) is 1. The van der Waals surface area contributed by atoms with Crippen molar-refractivity contribution in [3.63, 3.8) is 0 Å². The summed E-state index contributed by atoms with van der Waals surface area (Å²) in [4.78, 5) is 11.7. The van der Waals surface area contributed by atoms with Gasteiger partial charge in [-0.25, -0.2) is 8.78 Å². The Bertz CT molecular complexity index is 490. The van der Waals surface area contributed by atoms with E-state index in [1.165, 1.54) is 4.90 Å². The Kier molecular flexibility index (Phi) is 3.94. The number of benzene rings is 1. The molecule has 1 unspecified atom stereocenters. The number of hydrogen-bond acceptors (Lipinski definition) is 4. The molecule has 5 nitrogen and oxygen atoms in total. The van der Waals surface area contributed by atoms with Gasteiger partial charge in [0.2, 0.25) is 0 Å². The van der Waals surface area contributed by atoms with Crippen LogP contribution in [0, 0.1) is 21.7 Å². The first-order valence-corrected chi connectivity index (χ1v) is 6.08. The molecule has 2 rings (SSSR count).